The summed E-state index contributed by atoms with van der Waals surface area (Å²) in [6, 6.07) is 10.1. The second-order valence-corrected chi connectivity index (χ2v) is 6.98. The number of para-hydroxylation sites is 1. The molecule has 0 unspecified atom stereocenters. The topological polar surface area (TPSA) is 45.2 Å². The highest BCUT2D eigenvalue weighted by Gasteiger charge is 2.37. The summed E-state index contributed by atoms with van der Waals surface area (Å²) in [5.74, 6) is 0.240. The van der Waals surface area contributed by atoms with E-state index in [0.717, 1.165) is 55.5 Å². The number of nitrogens with zero attached hydrogens (tertiary/aromatic N) is 2. The lowest BCUT2D eigenvalue weighted by atomic mass is 9.78. The van der Waals surface area contributed by atoms with Gasteiger partial charge < -0.3 is 10.2 Å². The molecule has 1 amide bonds. The molecule has 2 aromatic rings. The molecule has 1 spiro atoms. The van der Waals surface area contributed by atoms with Gasteiger partial charge >= 0.3 is 0 Å². The Morgan fingerprint density at radius 1 is 1.12 bits per heavy atom. The van der Waals surface area contributed by atoms with Crippen LogP contribution in [-0.4, -0.2) is 42.0 Å². The lowest BCUT2D eigenvalue weighted by Crippen LogP contribution is -2.44. The first-order valence-corrected chi connectivity index (χ1v) is 8.57. The highest BCUT2D eigenvalue weighted by Crippen LogP contribution is 2.37. The number of pyridine rings is 1. The van der Waals surface area contributed by atoms with Gasteiger partial charge in [0.25, 0.3) is 0 Å². The van der Waals surface area contributed by atoms with Crippen LogP contribution < -0.4 is 5.32 Å². The molecule has 4 rings (SSSR count). The van der Waals surface area contributed by atoms with Crippen molar-refractivity contribution in [2.45, 2.75) is 25.7 Å². The Labute approximate surface area is 161 Å². The summed E-state index contributed by atoms with van der Waals surface area (Å²) in [6.45, 7) is 4.06. The molecule has 136 valence electrons. The number of nitrogens with one attached hydrogen (secondary N) is 1. The van der Waals surface area contributed by atoms with Crippen LogP contribution in [0.2, 0.25) is 0 Å². The van der Waals surface area contributed by atoms with Gasteiger partial charge in [-0.25, -0.2) is 0 Å². The molecule has 0 atom stereocenters. The Kier molecular flexibility index (Phi) is 6.66. The van der Waals surface area contributed by atoms with Crippen LogP contribution in [0.4, 0.5) is 0 Å². The van der Waals surface area contributed by atoms with Crippen LogP contribution in [-0.2, 0) is 11.2 Å². The van der Waals surface area contributed by atoms with Crippen molar-refractivity contribution >= 4 is 41.6 Å². The first kappa shape index (κ1) is 20.0. The van der Waals surface area contributed by atoms with Gasteiger partial charge in [-0.3, -0.25) is 9.78 Å². The van der Waals surface area contributed by atoms with Gasteiger partial charge in [0.15, 0.2) is 0 Å². The van der Waals surface area contributed by atoms with Crippen LogP contribution in [0.15, 0.2) is 36.5 Å². The first-order valence-electron chi connectivity index (χ1n) is 8.57. The zero-order chi connectivity index (χ0) is 15.7. The zero-order valence-corrected chi connectivity index (χ0v) is 15.9. The smallest absolute Gasteiger partial charge is 0.227 e. The van der Waals surface area contributed by atoms with E-state index >= 15 is 0 Å². The van der Waals surface area contributed by atoms with Crippen LogP contribution in [0.3, 0.4) is 0 Å². The minimum absolute atomic E-state index is 0. The average molecular weight is 382 g/mol. The number of carbonyl (C=O) groups is 1. The van der Waals surface area contributed by atoms with Crippen LogP contribution in [0.25, 0.3) is 10.9 Å². The summed E-state index contributed by atoms with van der Waals surface area (Å²) in [5, 5.41) is 4.58. The first-order chi connectivity index (χ1) is 11.3. The van der Waals surface area contributed by atoms with E-state index in [1.165, 1.54) is 6.42 Å². The summed E-state index contributed by atoms with van der Waals surface area (Å²) < 4.78 is 0. The number of hydrogen-bond acceptors (Lipinski definition) is 3. The lowest BCUT2D eigenvalue weighted by Gasteiger charge is -2.39. The van der Waals surface area contributed by atoms with E-state index in [1.54, 1.807) is 6.20 Å². The third kappa shape index (κ3) is 4.08. The van der Waals surface area contributed by atoms with E-state index in [9.17, 15) is 4.79 Å². The van der Waals surface area contributed by atoms with Crippen LogP contribution in [0, 0.1) is 5.41 Å². The SMILES string of the molecule is Cl.Cl.O=C(Cc1cccc2cccnc12)N1CCC2(CCNC2)CC1. The van der Waals surface area contributed by atoms with Gasteiger partial charge in [0.1, 0.15) is 0 Å². The van der Waals surface area contributed by atoms with Gasteiger partial charge in [-0.15, -0.1) is 24.8 Å². The van der Waals surface area contributed by atoms with E-state index in [2.05, 4.69) is 10.3 Å². The average Bonchev–Trinajstić information content (AvgIpc) is 3.04. The molecule has 6 heteroatoms. The number of likely N-dealkylation sites (tertiary alicyclic amines) is 1. The monoisotopic (exact) mass is 381 g/mol. The van der Waals surface area contributed by atoms with E-state index in [0.29, 0.717) is 11.8 Å². The maximum Gasteiger partial charge on any atom is 0.227 e. The Hall–Kier alpha value is -1.36. The van der Waals surface area contributed by atoms with Crippen molar-refractivity contribution in [3.8, 4) is 0 Å². The van der Waals surface area contributed by atoms with Crippen LogP contribution in [0.5, 0.6) is 0 Å². The quantitative estimate of drug-likeness (QED) is 0.868. The van der Waals surface area contributed by atoms with E-state index < -0.39 is 0 Å². The number of rotatable bonds is 2. The number of halogens is 2. The van der Waals surface area contributed by atoms with Crippen LogP contribution >= 0.6 is 24.8 Å². The van der Waals surface area contributed by atoms with Crippen molar-refractivity contribution in [3.63, 3.8) is 0 Å². The number of amides is 1. The summed E-state index contributed by atoms with van der Waals surface area (Å²) >= 11 is 0. The molecule has 2 fully saturated rings. The molecule has 3 heterocycles. The molecular formula is C19H25Cl2N3O. The minimum Gasteiger partial charge on any atom is -0.342 e. The van der Waals surface area contributed by atoms with Gasteiger partial charge in [0.2, 0.25) is 5.91 Å². The van der Waals surface area contributed by atoms with Crippen molar-refractivity contribution in [2.24, 2.45) is 5.41 Å². The van der Waals surface area contributed by atoms with Crippen molar-refractivity contribution in [1.82, 2.24) is 15.2 Å². The zero-order valence-electron chi connectivity index (χ0n) is 14.2. The molecule has 2 aliphatic rings. The summed E-state index contributed by atoms with van der Waals surface area (Å²) in [6.07, 6.45) is 5.80. The maximum atomic E-state index is 12.7. The normalized spacial score (nSPS) is 18.6. The Balaban J connectivity index is 0.00000113. The molecule has 25 heavy (non-hydrogen) atoms. The summed E-state index contributed by atoms with van der Waals surface area (Å²) in [4.78, 5) is 19.2. The molecular weight excluding hydrogens is 357 g/mol. The largest absolute Gasteiger partial charge is 0.342 e. The Morgan fingerprint density at radius 3 is 2.60 bits per heavy atom. The van der Waals surface area contributed by atoms with E-state index in [1.807, 2.05) is 35.2 Å². The van der Waals surface area contributed by atoms with E-state index in [-0.39, 0.29) is 30.7 Å². The molecule has 4 nitrogen and oxygen atoms in total. The molecule has 2 aliphatic heterocycles. The minimum atomic E-state index is 0. The van der Waals surface area contributed by atoms with Gasteiger partial charge in [0, 0.05) is 31.2 Å². The fraction of sp³-hybridized carbons (Fsp3) is 0.474. The van der Waals surface area contributed by atoms with Crippen molar-refractivity contribution < 1.29 is 4.79 Å². The number of fused-ring (bicyclic) bond motifs is 1. The second kappa shape index (κ2) is 8.35. The highest BCUT2D eigenvalue weighted by atomic mass is 35.5. The number of aromatic nitrogens is 1. The maximum absolute atomic E-state index is 12.7. The second-order valence-electron chi connectivity index (χ2n) is 6.98. The predicted molar refractivity (Wildman–Crippen MR) is 106 cm³/mol. The van der Waals surface area contributed by atoms with Crippen molar-refractivity contribution in [3.05, 3.63) is 42.1 Å². The molecule has 1 aromatic carbocycles. The van der Waals surface area contributed by atoms with Gasteiger partial charge in [-0.2, -0.15) is 0 Å². The summed E-state index contributed by atoms with van der Waals surface area (Å²) in [5.41, 5.74) is 2.45. The molecule has 1 aromatic heterocycles. The fourth-order valence-electron chi connectivity index (χ4n) is 4.04. The predicted octanol–water partition coefficient (Wildman–Crippen LogP) is 3.22. The lowest BCUT2D eigenvalue weighted by molar-refractivity contribution is -0.132. The molecule has 0 bridgehead atoms. The Morgan fingerprint density at radius 2 is 1.88 bits per heavy atom. The summed E-state index contributed by atoms with van der Waals surface area (Å²) in [7, 11) is 0. The molecule has 0 radical (unpaired) electrons. The third-order valence-corrected chi connectivity index (χ3v) is 5.57. The van der Waals surface area contributed by atoms with Gasteiger partial charge in [-0.05, 0) is 42.9 Å². The standard InChI is InChI=1S/C19H23N3O.2ClH/c23-17(22-11-7-19(8-12-22)6-10-20-14-19)13-16-4-1-3-15-5-2-9-21-18(15)16;;/h1-5,9,20H,6-8,10-14H2;2*1H. The number of hydrogen-bond donors (Lipinski definition) is 1. The Bertz CT molecular complexity index is 716. The van der Waals surface area contributed by atoms with Gasteiger partial charge in [0.05, 0.1) is 11.9 Å². The van der Waals surface area contributed by atoms with Crippen LogP contribution in [0.1, 0.15) is 24.8 Å². The molecule has 0 saturated carbocycles. The van der Waals surface area contributed by atoms with Gasteiger partial charge in [-0.1, -0.05) is 24.3 Å². The molecule has 2 saturated heterocycles. The van der Waals surface area contributed by atoms with E-state index in [4.69, 9.17) is 0 Å². The number of piperidine rings is 1. The number of carbonyl (C=O) groups excluding carboxylic acids is 1. The number of benzene rings is 1. The van der Waals surface area contributed by atoms with Crippen molar-refractivity contribution in [1.29, 1.82) is 0 Å². The molecule has 0 aliphatic carbocycles. The highest BCUT2D eigenvalue weighted by molar-refractivity contribution is 5.87. The van der Waals surface area contributed by atoms with Crippen molar-refractivity contribution in [2.75, 3.05) is 26.2 Å². The fourth-order valence-corrected chi connectivity index (χ4v) is 4.04. The third-order valence-electron chi connectivity index (χ3n) is 5.57. The molecule has 1 N–H and O–H groups in total.